The van der Waals surface area contributed by atoms with E-state index in [2.05, 4.69) is 4.90 Å². The molecule has 0 aromatic heterocycles. The summed E-state index contributed by atoms with van der Waals surface area (Å²) in [5.74, 6) is 0.555. The molecular weight excluding hydrogens is 375 g/mol. The second-order valence-corrected chi connectivity index (χ2v) is 6.97. The normalized spacial score (nSPS) is 15.1. The van der Waals surface area contributed by atoms with Crippen LogP contribution in [0.25, 0.3) is 0 Å². The fourth-order valence-electron chi connectivity index (χ4n) is 2.85. The Morgan fingerprint density at radius 3 is 2.35 bits per heavy atom. The Hall–Kier alpha value is -1.95. The van der Waals surface area contributed by atoms with Crippen molar-refractivity contribution in [1.82, 2.24) is 9.80 Å². The molecule has 0 bridgehead atoms. The van der Waals surface area contributed by atoms with Gasteiger partial charge in [0.25, 0.3) is 5.91 Å². The Balaban J connectivity index is 1.46. The van der Waals surface area contributed by atoms with Crippen LogP contribution in [0.2, 0.25) is 10.0 Å². The van der Waals surface area contributed by atoms with Crippen LogP contribution in [0.5, 0.6) is 11.5 Å². The van der Waals surface area contributed by atoms with E-state index in [9.17, 15) is 9.90 Å². The van der Waals surface area contributed by atoms with Gasteiger partial charge in [-0.15, -0.1) is 0 Å². The SMILES string of the molecule is O=C(c1cc(Cl)ccc1O)N1CCN(CCOc2ccc(Cl)cc2)CC1. The quantitative estimate of drug-likeness (QED) is 0.842. The van der Waals surface area contributed by atoms with Gasteiger partial charge in [-0.3, -0.25) is 9.69 Å². The Morgan fingerprint density at radius 2 is 1.65 bits per heavy atom. The third kappa shape index (κ3) is 4.81. The van der Waals surface area contributed by atoms with Crippen LogP contribution < -0.4 is 4.74 Å². The zero-order valence-corrected chi connectivity index (χ0v) is 15.7. The fraction of sp³-hybridized carbons (Fsp3) is 0.316. The summed E-state index contributed by atoms with van der Waals surface area (Å²) in [5, 5.41) is 11.0. The number of phenolic OH excluding ortho intramolecular Hbond substituents is 1. The number of ether oxygens (including phenoxy) is 1. The molecule has 1 fully saturated rings. The Morgan fingerprint density at radius 1 is 1.00 bits per heavy atom. The summed E-state index contributed by atoms with van der Waals surface area (Å²) in [7, 11) is 0. The highest BCUT2D eigenvalue weighted by atomic mass is 35.5. The molecule has 5 nitrogen and oxygen atoms in total. The van der Waals surface area contributed by atoms with Gasteiger partial charge in [0.1, 0.15) is 18.1 Å². The van der Waals surface area contributed by atoms with Crippen molar-refractivity contribution >= 4 is 29.1 Å². The van der Waals surface area contributed by atoms with Gasteiger partial charge in [0.15, 0.2) is 0 Å². The van der Waals surface area contributed by atoms with E-state index in [0.29, 0.717) is 29.7 Å². The number of benzene rings is 2. The molecule has 1 amide bonds. The lowest BCUT2D eigenvalue weighted by Crippen LogP contribution is -2.49. The molecule has 7 heteroatoms. The van der Waals surface area contributed by atoms with Crippen molar-refractivity contribution in [3.05, 3.63) is 58.1 Å². The van der Waals surface area contributed by atoms with E-state index in [4.69, 9.17) is 27.9 Å². The summed E-state index contributed by atoms with van der Waals surface area (Å²) < 4.78 is 5.71. The minimum Gasteiger partial charge on any atom is -0.507 e. The van der Waals surface area contributed by atoms with Gasteiger partial charge in [-0.1, -0.05) is 23.2 Å². The molecule has 0 spiro atoms. The number of aromatic hydroxyl groups is 1. The van der Waals surface area contributed by atoms with Crippen LogP contribution in [0.4, 0.5) is 0 Å². The van der Waals surface area contributed by atoms with Crippen LogP contribution in [-0.4, -0.2) is 60.1 Å². The number of amides is 1. The highest BCUT2D eigenvalue weighted by Crippen LogP contribution is 2.23. The first-order valence-electron chi connectivity index (χ1n) is 8.41. The second-order valence-electron chi connectivity index (χ2n) is 6.10. The molecule has 0 aliphatic carbocycles. The Bertz CT molecular complexity index is 760. The van der Waals surface area contributed by atoms with Gasteiger partial charge >= 0.3 is 0 Å². The molecule has 0 radical (unpaired) electrons. The van der Waals surface area contributed by atoms with Crippen LogP contribution in [-0.2, 0) is 0 Å². The zero-order valence-electron chi connectivity index (χ0n) is 14.2. The lowest BCUT2D eigenvalue weighted by molar-refractivity contribution is 0.0617. The lowest BCUT2D eigenvalue weighted by Gasteiger charge is -2.34. The van der Waals surface area contributed by atoms with E-state index in [-0.39, 0.29) is 17.2 Å². The lowest BCUT2D eigenvalue weighted by atomic mass is 10.1. The smallest absolute Gasteiger partial charge is 0.257 e. The summed E-state index contributed by atoms with van der Waals surface area (Å²) in [4.78, 5) is 16.5. The summed E-state index contributed by atoms with van der Waals surface area (Å²) in [6.45, 7) is 4.09. The predicted molar refractivity (Wildman–Crippen MR) is 102 cm³/mol. The molecule has 138 valence electrons. The Kier molecular flexibility index (Phi) is 6.25. The van der Waals surface area contributed by atoms with Gasteiger partial charge in [-0.25, -0.2) is 0 Å². The number of carbonyl (C=O) groups excluding carboxylic acids is 1. The first kappa shape index (κ1) is 18.8. The first-order valence-corrected chi connectivity index (χ1v) is 9.17. The molecule has 26 heavy (non-hydrogen) atoms. The summed E-state index contributed by atoms with van der Waals surface area (Å²) in [5.41, 5.74) is 0.247. The number of nitrogens with zero attached hydrogens (tertiary/aromatic N) is 2. The summed E-state index contributed by atoms with van der Waals surface area (Å²) in [6.07, 6.45) is 0. The maximum absolute atomic E-state index is 12.6. The average Bonchev–Trinajstić information content (AvgIpc) is 2.65. The van der Waals surface area contributed by atoms with Crippen LogP contribution >= 0.6 is 23.2 Å². The van der Waals surface area contributed by atoms with Crippen molar-refractivity contribution in [1.29, 1.82) is 0 Å². The maximum Gasteiger partial charge on any atom is 0.257 e. The van der Waals surface area contributed by atoms with Crippen molar-refractivity contribution in [3.8, 4) is 11.5 Å². The minimum absolute atomic E-state index is 0.0433. The van der Waals surface area contributed by atoms with Gasteiger partial charge < -0.3 is 14.7 Å². The van der Waals surface area contributed by atoms with Crippen molar-refractivity contribution in [2.75, 3.05) is 39.3 Å². The number of hydrogen-bond donors (Lipinski definition) is 1. The number of rotatable bonds is 5. The van der Waals surface area contributed by atoms with Gasteiger partial charge in [-0.05, 0) is 42.5 Å². The molecule has 0 unspecified atom stereocenters. The maximum atomic E-state index is 12.6. The van der Waals surface area contributed by atoms with Crippen LogP contribution in [0, 0.1) is 0 Å². The fourth-order valence-corrected chi connectivity index (χ4v) is 3.15. The van der Waals surface area contributed by atoms with Crippen LogP contribution in [0.3, 0.4) is 0 Å². The van der Waals surface area contributed by atoms with Crippen LogP contribution in [0.15, 0.2) is 42.5 Å². The van der Waals surface area contributed by atoms with E-state index in [1.54, 1.807) is 23.1 Å². The van der Waals surface area contributed by atoms with Crippen molar-refractivity contribution in [2.24, 2.45) is 0 Å². The van der Waals surface area contributed by atoms with E-state index >= 15 is 0 Å². The summed E-state index contributed by atoms with van der Waals surface area (Å²) >= 11 is 11.8. The van der Waals surface area contributed by atoms with Gasteiger partial charge in [0.2, 0.25) is 0 Å². The van der Waals surface area contributed by atoms with Gasteiger partial charge in [-0.2, -0.15) is 0 Å². The molecule has 1 saturated heterocycles. The van der Waals surface area contributed by atoms with Crippen molar-refractivity contribution < 1.29 is 14.6 Å². The largest absolute Gasteiger partial charge is 0.507 e. The second kappa shape index (κ2) is 8.62. The first-order chi connectivity index (χ1) is 12.5. The third-order valence-corrected chi connectivity index (χ3v) is 4.83. The molecule has 0 atom stereocenters. The number of piperazine rings is 1. The molecule has 1 aliphatic heterocycles. The van der Waals surface area contributed by atoms with E-state index in [1.807, 2.05) is 12.1 Å². The minimum atomic E-state index is -0.193. The topological polar surface area (TPSA) is 53.0 Å². The van der Waals surface area contributed by atoms with Gasteiger partial charge in [0.05, 0.1) is 5.56 Å². The van der Waals surface area contributed by atoms with Crippen molar-refractivity contribution in [2.45, 2.75) is 0 Å². The molecular formula is C19H20Cl2N2O3. The van der Waals surface area contributed by atoms with E-state index in [0.717, 1.165) is 25.4 Å². The predicted octanol–water partition coefficient (Wildman–Crippen LogP) is 3.54. The molecule has 1 aliphatic rings. The zero-order chi connectivity index (χ0) is 18.5. The number of carbonyl (C=O) groups is 1. The van der Waals surface area contributed by atoms with Crippen molar-refractivity contribution in [3.63, 3.8) is 0 Å². The molecule has 1 heterocycles. The molecule has 1 N–H and O–H groups in total. The number of phenols is 1. The number of halogens is 2. The van der Waals surface area contributed by atoms with E-state index < -0.39 is 0 Å². The molecule has 2 aromatic carbocycles. The highest BCUT2D eigenvalue weighted by Gasteiger charge is 2.24. The monoisotopic (exact) mass is 394 g/mol. The number of hydrogen-bond acceptors (Lipinski definition) is 4. The third-order valence-electron chi connectivity index (χ3n) is 4.34. The van der Waals surface area contributed by atoms with E-state index in [1.165, 1.54) is 12.1 Å². The Labute approximate surface area is 162 Å². The molecule has 0 saturated carbocycles. The molecule has 3 rings (SSSR count). The summed E-state index contributed by atoms with van der Waals surface area (Å²) in [6, 6.07) is 11.8. The highest BCUT2D eigenvalue weighted by molar-refractivity contribution is 6.31. The standard InChI is InChI=1S/C19H20Cl2N2O3/c20-14-1-4-16(5-2-14)26-12-11-22-7-9-23(10-8-22)19(25)17-13-15(21)3-6-18(17)24/h1-6,13,24H,7-12H2. The van der Waals surface area contributed by atoms with Crippen LogP contribution in [0.1, 0.15) is 10.4 Å². The molecule has 2 aromatic rings. The van der Waals surface area contributed by atoms with Gasteiger partial charge in [0, 0.05) is 42.8 Å². The average molecular weight is 395 g/mol.